The number of Topliss-reactive ketones (excluding diaryl/α,β-unsaturated/α-hetero) is 1. The quantitative estimate of drug-likeness (QED) is 0.346. The minimum Gasteiger partial charge on any atom is -0.349 e. The Kier molecular flexibility index (Phi) is 6.19. The number of amides is 5. The Bertz CT molecular complexity index is 932. The molecule has 2 saturated heterocycles. The average Bonchev–Trinajstić information content (AvgIpc) is 3.12. The molecule has 5 amide bonds. The van der Waals surface area contributed by atoms with E-state index < -0.39 is 41.2 Å². The summed E-state index contributed by atoms with van der Waals surface area (Å²) >= 11 is 1.24. The third kappa shape index (κ3) is 4.47. The number of anilines is 1. The number of piperidine rings is 1. The summed E-state index contributed by atoms with van der Waals surface area (Å²) in [4.78, 5) is 63.1. The summed E-state index contributed by atoms with van der Waals surface area (Å²) in [6, 6.07) is 0.902. The lowest BCUT2D eigenvalue weighted by atomic mass is 9.74. The van der Waals surface area contributed by atoms with Gasteiger partial charge in [-0.15, -0.1) is 11.3 Å². The van der Waals surface area contributed by atoms with Crippen molar-refractivity contribution < 1.29 is 28.7 Å². The largest absolute Gasteiger partial charge is 0.349 e. The van der Waals surface area contributed by atoms with Gasteiger partial charge in [-0.05, 0) is 23.3 Å². The Balaban J connectivity index is 1.63. The van der Waals surface area contributed by atoms with Gasteiger partial charge in [0, 0.05) is 24.4 Å². The van der Waals surface area contributed by atoms with Crippen molar-refractivity contribution in [2.75, 3.05) is 25.5 Å². The molecule has 31 heavy (non-hydrogen) atoms. The second kappa shape index (κ2) is 8.39. The lowest BCUT2D eigenvalue weighted by Gasteiger charge is -2.39. The van der Waals surface area contributed by atoms with Crippen molar-refractivity contribution in [1.29, 1.82) is 0 Å². The molecule has 0 aliphatic carbocycles. The number of urea groups is 1. The van der Waals surface area contributed by atoms with Gasteiger partial charge in [-0.2, -0.15) is 0 Å². The maximum absolute atomic E-state index is 12.7. The SMILES string of the molecule is COC1(NC(=O)Cc2sccc2NC(=O)N2CCC(C(C)(C)C)C(=O)C2=O)CNC1=O. The minimum absolute atomic E-state index is 0.0926. The molecule has 2 aliphatic heterocycles. The topological polar surface area (TPSA) is 134 Å². The molecule has 0 aromatic carbocycles. The molecule has 11 heteroatoms. The van der Waals surface area contributed by atoms with Gasteiger partial charge >= 0.3 is 6.03 Å². The second-order valence-electron chi connectivity index (χ2n) is 8.65. The van der Waals surface area contributed by atoms with Gasteiger partial charge in [0.1, 0.15) is 0 Å². The molecule has 0 saturated carbocycles. The summed E-state index contributed by atoms with van der Waals surface area (Å²) in [6.07, 6.45) is 0.312. The number of thiophene rings is 1. The van der Waals surface area contributed by atoms with Crippen molar-refractivity contribution in [2.45, 2.75) is 39.3 Å². The van der Waals surface area contributed by atoms with E-state index in [1.807, 2.05) is 20.8 Å². The van der Waals surface area contributed by atoms with Crippen LogP contribution in [0.1, 0.15) is 32.1 Å². The standard InChI is InChI=1S/C20H26N4O6S/c1-19(2,3)11-5-7-24(16(27)15(11)26)18(29)22-12-6-8-31-13(12)9-14(25)23-20(30-4)10-21-17(20)28/h6,8,11H,5,7,9-10H2,1-4H3,(H,21,28)(H,22,29)(H,23,25). The Morgan fingerprint density at radius 2 is 2.03 bits per heavy atom. The van der Waals surface area contributed by atoms with Crippen LogP contribution in [0.2, 0.25) is 0 Å². The van der Waals surface area contributed by atoms with Crippen molar-refractivity contribution in [3.05, 3.63) is 16.3 Å². The van der Waals surface area contributed by atoms with Crippen LogP contribution in [0.4, 0.5) is 10.5 Å². The molecule has 1 aromatic rings. The highest BCUT2D eigenvalue weighted by Crippen LogP contribution is 2.33. The number of ketones is 1. The molecule has 2 atom stereocenters. The number of carbonyl (C=O) groups excluding carboxylic acids is 5. The normalized spacial score (nSPS) is 23.8. The smallest absolute Gasteiger partial charge is 0.328 e. The van der Waals surface area contributed by atoms with Crippen LogP contribution in [0.15, 0.2) is 11.4 Å². The van der Waals surface area contributed by atoms with Crippen LogP contribution >= 0.6 is 11.3 Å². The number of likely N-dealkylation sites (tertiary alicyclic amines) is 1. The highest BCUT2D eigenvalue weighted by atomic mass is 32.1. The van der Waals surface area contributed by atoms with Gasteiger partial charge in [0.15, 0.2) is 0 Å². The molecule has 3 N–H and O–H groups in total. The van der Waals surface area contributed by atoms with E-state index in [-0.39, 0.29) is 24.9 Å². The van der Waals surface area contributed by atoms with Gasteiger partial charge < -0.3 is 20.7 Å². The maximum Gasteiger partial charge on any atom is 0.328 e. The van der Waals surface area contributed by atoms with E-state index in [1.165, 1.54) is 18.4 Å². The third-order valence-corrected chi connectivity index (χ3v) is 6.49. The van der Waals surface area contributed by atoms with Crippen LogP contribution in [0, 0.1) is 11.3 Å². The highest BCUT2D eigenvalue weighted by Gasteiger charge is 2.48. The van der Waals surface area contributed by atoms with Crippen molar-refractivity contribution in [3.8, 4) is 0 Å². The predicted octanol–water partition coefficient (Wildman–Crippen LogP) is 0.875. The lowest BCUT2D eigenvalue weighted by molar-refractivity contribution is -0.166. The third-order valence-electron chi connectivity index (χ3n) is 5.57. The summed E-state index contributed by atoms with van der Waals surface area (Å²) in [5, 5.41) is 9.38. The number of hydrogen-bond acceptors (Lipinski definition) is 7. The lowest BCUT2D eigenvalue weighted by Crippen LogP contribution is -2.74. The van der Waals surface area contributed by atoms with E-state index >= 15 is 0 Å². The van der Waals surface area contributed by atoms with Crippen molar-refractivity contribution in [3.63, 3.8) is 0 Å². The van der Waals surface area contributed by atoms with E-state index in [1.54, 1.807) is 11.4 Å². The van der Waals surface area contributed by atoms with Gasteiger partial charge in [0.25, 0.3) is 11.8 Å². The molecule has 0 radical (unpaired) electrons. The first kappa shape index (κ1) is 22.9. The average molecular weight is 451 g/mol. The van der Waals surface area contributed by atoms with Gasteiger partial charge in [-0.1, -0.05) is 20.8 Å². The molecule has 2 unspecified atom stereocenters. The van der Waals surface area contributed by atoms with Gasteiger partial charge in [-0.3, -0.25) is 24.1 Å². The Morgan fingerprint density at radius 1 is 1.32 bits per heavy atom. The first-order valence-corrected chi connectivity index (χ1v) is 10.7. The van der Waals surface area contributed by atoms with Crippen LogP contribution in [0.3, 0.4) is 0 Å². The number of β-lactam (4-membered cyclic amide) rings is 1. The van der Waals surface area contributed by atoms with E-state index in [0.29, 0.717) is 17.0 Å². The first-order chi connectivity index (χ1) is 14.5. The zero-order valence-electron chi connectivity index (χ0n) is 17.9. The fourth-order valence-corrected chi connectivity index (χ4v) is 4.45. The molecule has 168 valence electrons. The molecule has 3 heterocycles. The number of ether oxygens (including phenoxy) is 1. The first-order valence-electron chi connectivity index (χ1n) is 9.86. The fraction of sp³-hybridized carbons (Fsp3) is 0.550. The molecule has 0 bridgehead atoms. The Morgan fingerprint density at radius 3 is 2.58 bits per heavy atom. The molecule has 1 aromatic heterocycles. The van der Waals surface area contributed by atoms with E-state index in [0.717, 1.165) is 4.90 Å². The number of carbonyl (C=O) groups is 5. The fourth-order valence-electron chi connectivity index (χ4n) is 3.62. The van der Waals surface area contributed by atoms with Gasteiger partial charge in [0.05, 0.1) is 18.7 Å². The summed E-state index contributed by atoms with van der Waals surface area (Å²) in [7, 11) is 1.33. The number of nitrogens with zero attached hydrogens (tertiary/aromatic N) is 1. The summed E-state index contributed by atoms with van der Waals surface area (Å²) in [5.41, 5.74) is -1.37. The Labute approximate surface area is 183 Å². The number of methoxy groups -OCH3 is 1. The maximum atomic E-state index is 12.7. The van der Waals surface area contributed by atoms with Crippen molar-refractivity contribution in [2.24, 2.45) is 11.3 Å². The number of rotatable bonds is 5. The van der Waals surface area contributed by atoms with Crippen LogP contribution in [0.25, 0.3) is 0 Å². The number of nitrogens with one attached hydrogen (secondary N) is 3. The molecule has 0 spiro atoms. The monoisotopic (exact) mass is 450 g/mol. The van der Waals surface area contributed by atoms with Crippen LogP contribution in [0.5, 0.6) is 0 Å². The summed E-state index contributed by atoms with van der Waals surface area (Å²) < 4.78 is 5.12. The second-order valence-corrected chi connectivity index (χ2v) is 9.66. The predicted molar refractivity (Wildman–Crippen MR) is 112 cm³/mol. The van der Waals surface area contributed by atoms with E-state index in [4.69, 9.17) is 4.74 Å². The van der Waals surface area contributed by atoms with Gasteiger partial charge in [-0.25, -0.2) is 4.79 Å². The summed E-state index contributed by atoms with van der Waals surface area (Å²) in [6.45, 7) is 5.99. The minimum atomic E-state index is -1.37. The van der Waals surface area contributed by atoms with Crippen LogP contribution in [-0.2, 0) is 30.3 Å². The Hall–Kier alpha value is -2.79. The van der Waals surface area contributed by atoms with E-state index in [9.17, 15) is 24.0 Å². The molecular formula is C20H26N4O6S. The zero-order chi connectivity index (χ0) is 23.0. The number of hydrogen-bond donors (Lipinski definition) is 3. The van der Waals surface area contributed by atoms with Crippen LogP contribution < -0.4 is 16.0 Å². The molecule has 2 aliphatic rings. The highest BCUT2D eigenvalue weighted by molar-refractivity contribution is 7.10. The van der Waals surface area contributed by atoms with E-state index in [2.05, 4.69) is 16.0 Å². The van der Waals surface area contributed by atoms with Crippen LogP contribution in [-0.4, -0.2) is 60.4 Å². The van der Waals surface area contributed by atoms with Crippen molar-refractivity contribution in [1.82, 2.24) is 15.5 Å². The zero-order valence-corrected chi connectivity index (χ0v) is 18.7. The molecular weight excluding hydrogens is 424 g/mol. The van der Waals surface area contributed by atoms with Gasteiger partial charge in [0.2, 0.25) is 17.4 Å². The molecule has 2 fully saturated rings. The molecule has 10 nitrogen and oxygen atoms in total. The van der Waals surface area contributed by atoms with Crippen molar-refractivity contribution >= 4 is 46.6 Å². The molecule has 3 rings (SSSR count). The number of imide groups is 1. The summed E-state index contributed by atoms with van der Waals surface area (Å²) in [5.74, 6) is -2.70.